The van der Waals surface area contributed by atoms with Crippen molar-refractivity contribution in [2.24, 2.45) is 0 Å². The standard InChI is InChI=1S/C7H6BrClN2O3/c1-13-5(12)3-14-6-4(8)2-10-7(9)11-6/h2H,3H2,1H3. The number of esters is 1. The van der Waals surface area contributed by atoms with Crippen LogP contribution in [0.4, 0.5) is 0 Å². The van der Waals surface area contributed by atoms with E-state index in [4.69, 9.17) is 16.3 Å². The SMILES string of the molecule is COC(=O)COc1nc(Cl)ncc1Br. The molecule has 0 aliphatic carbocycles. The van der Waals surface area contributed by atoms with Crippen molar-refractivity contribution in [3.63, 3.8) is 0 Å². The Morgan fingerprint density at radius 1 is 1.71 bits per heavy atom. The van der Waals surface area contributed by atoms with Crippen LogP contribution < -0.4 is 4.74 Å². The first-order chi connectivity index (χ1) is 6.63. The maximum Gasteiger partial charge on any atom is 0.343 e. The Morgan fingerprint density at radius 3 is 3.07 bits per heavy atom. The van der Waals surface area contributed by atoms with Crippen molar-refractivity contribution in [1.82, 2.24) is 9.97 Å². The fourth-order valence-electron chi connectivity index (χ4n) is 0.619. The van der Waals surface area contributed by atoms with Crippen molar-refractivity contribution in [3.05, 3.63) is 16.0 Å². The lowest BCUT2D eigenvalue weighted by Crippen LogP contribution is -2.13. The highest BCUT2D eigenvalue weighted by Crippen LogP contribution is 2.22. The van der Waals surface area contributed by atoms with Crippen molar-refractivity contribution >= 4 is 33.5 Å². The van der Waals surface area contributed by atoms with E-state index >= 15 is 0 Å². The molecule has 0 unspecified atom stereocenters. The van der Waals surface area contributed by atoms with E-state index in [1.54, 1.807) is 0 Å². The summed E-state index contributed by atoms with van der Waals surface area (Å²) < 4.78 is 9.92. The van der Waals surface area contributed by atoms with Crippen LogP contribution in [-0.2, 0) is 9.53 Å². The molecule has 0 aliphatic rings. The summed E-state index contributed by atoms with van der Waals surface area (Å²) in [4.78, 5) is 18.2. The minimum absolute atomic E-state index is 0.0491. The van der Waals surface area contributed by atoms with Crippen LogP contribution in [0.2, 0.25) is 5.28 Å². The minimum Gasteiger partial charge on any atom is -0.466 e. The molecule has 5 nitrogen and oxygen atoms in total. The van der Waals surface area contributed by atoms with Gasteiger partial charge in [0.15, 0.2) is 6.61 Å². The second-order valence-electron chi connectivity index (χ2n) is 2.16. The molecule has 1 aromatic heterocycles. The molecular weight excluding hydrogens is 275 g/mol. The number of methoxy groups -OCH3 is 1. The van der Waals surface area contributed by atoms with E-state index < -0.39 is 5.97 Å². The molecule has 0 saturated heterocycles. The van der Waals surface area contributed by atoms with E-state index in [1.165, 1.54) is 13.3 Å². The number of aromatic nitrogens is 2. The molecule has 0 N–H and O–H groups in total. The summed E-state index contributed by atoms with van der Waals surface area (Å²) in [6, 6.07) is 0. The van der Waals surface area contributed by atoms with E-state index in [9.17, 15) is 4.79 Å². The first-order valence-electron chi connectivity index (χ1n) is 3.51. The second-order valence-corrected chi connectivity index (χ2v) is 3.35. The van der Waals surface area contributed by atoms with Crippen LogP contribution in [0.3, 0.4) is 0 Å². The van der Waals surface area contributed by atoms with Crippen LogP contribution >= 0.6 is 27.5 Å². The van der Waals surface area contributed by atoms with Crippen molar-refractivity contribution in [2.75, 3.05) is 13.7 Å². The fourth-order valence-corrected chi connectivity index (χ4v) is 1.05. The number of carbonyl (C=O) groups is 1. The van der Waals surface area contributed by atoms with Crippen molar-refractivity contribution in [3.8, 4) is 5.88 Å². The number of hydrogen-bond donors (Lipinski definition) is 0. The first kappa shape index (κ1) is 11.2. The topological polar surface area (TPSA) is 61.3 Å². The van der Waals surface area contributed by atoms with Crippen LogP contribution in [0.15, 0.2) is 10.7 Å². The summed E-state index contributed by atoms with van der Waals surface area (Å²) in [7, 11) is 1.27. The number of halogens is 2. The van der Waals surface area contributed by atoms with Crippen LogP contribution in [0.5, 0.6) is 5.88 Å². The number of rotatable bonds is 3. The molecule has 1 rings (SSSR count). The molecule has 1 heterocycles. The van der Waals surface area contributed by atoms with Gasteiger partial charge in [-0.3, -0.25) is 0 Å². The van der Waals surface area contributed by atoms with Gasteiger partial charge in [0, 0.05) is 6.20 Å². The quantitative estimate of drug-likeness (QED) is 0.620. The van der Waals surface area contributed by atoms with Gasteiger partial charge in [-0.1, -0.05) is 0 Å². The van der Waals surface area contributed by atoms with Gasteiger partial charge in [-0.2, -0.15) is 4.98 Å². The molecule has 0 amide bonds. The van der Waals surface area contributed by atoms with Gasteiger partial charge >= 0.3 is 5.97 Å². The zero-order chi connectivity index (χ0) is 10.6. The maximum absolute atomic E-state index is 10.7. The summed E-state index contributed by atoms with van der Waals surface area (Å²) in [5.74, 6) is -0.290. The minimum atomic E-state index is -0.494. The van der Waals surface area contributed by atoms with Crippen molar-refractivity contribution in [2.45, 2.75) is 0 Å². The zero-order valence-corrected chi connectivity index (χ0v) is 9.50. The number of ether oxygens (including phenoxy) is 2. The number of nitrogens with zero attached hydrogens (tertiary/aromatic N) is 2. The molecular formula is C7H6BrClN2O3. The van der Waals surface area contributed by atoms with E-state index in [-0.39, 0.29) is 17.8 Å². The monoisotopic (exact) mass is 280 g/mol. The average molecular weight is 281 g/mol. The largest absolute Gasteiger partial charge is 0.466 e. The lowest BCUT2D eigenvalue weighted by atomic mass is 10.6. The van der Waals surface area contributed by atoms with Crippen molar-refractivity contribution < 1.29 is 14.3 Å². The third kappa shape index (κ3) is 3.12. The Morgan fingerprint density at radius 2 is 2.43 bits per heavy atom. The highest BCUT2D eigenvalue weighted by atomic mass is 79.9. The Hall–Kier alpha value is -0.880. The molecule has 0 aromatic carbocycles. The Bertz CT molecular complexity index is 348. The smallest absolute Gasteiger partial charge is 0.343 e. The Balaban J connectivity index is 2.66. The maximum atomic E-state index is 10.7. The molecule has 0 fully saturated rings. The van der Waals surface area contributed by atoms with Gasteiger partial charge in [-0.15, -0.1) is 0 Å². The first-order valence-corrected chi connectivity index (χ1v) is 4.68. The normalized spacial score (nSPS) is 9.64. The summed E-state index contributed by atoms with van der Waals surface area (Å²) >= 11 is 8.67. The molecule has 0 saturated carbocycles. The molecule has 0 atom stereocenters. The number of carbonyl (C=O) groups excluding carboxylic acids is 1. The molecule has 0 bridgehead atoms. The summed E-state index contributed by atoms with van der Waals surface area (Å²) in [6.45, 7) is -0.220. The van der Waals surface area contributed by atoms with Crippen LogP contribution in [0, 0.1) is 0 Å². The third-order valence-corrected chi connectivity index (χ3v) is 1.96. The lowest BCUT2D eigenvalue weighted by molar-refractivity contribution is -0.143. The molecule has 1 aromatic rings. The Kier molecular flexibility index (Phi) is 4.09. The molecule has 0 aliphatic heterocycles. The molecule has 7 heteroatoms. The van der Waals surface area contributed by atoms with E-state index in [1.807, 2.05) is 0 Å². The highest BCUT2D eigenvalue weighted by molar-refractivity contribution is 9.10. The Labute approximate surface area is 93.5 Å². The summed E-state index contributed by atoms with van der Waals surface area (Å²) in [5.41, 5.74) is 0. The van der Waals surface area contributed by atoms with E-state index in [0.29, 0.717) is 4.47 Å². The number of hydrogen-bond acceptors (Lipinski definition) is 5. The lowest BCUT2D eigenvalue weighted by Gasteiger charge is -2.04. The van der Waals surface area contributed by atoms with Crippen LogP contribution in [0.25, 0.3) is 0 Å². The fraction of sp³-hybridized carbons (Fsp3) is 0.286. The van der Waals surface area contributed by atoms with Gasteiger partial charge in [0.25, 0.3) is 0 Å². The predicted molar refractivity (Wildman–Crippen MR) is 52.3 cm³/mol. The third-order valence-electron chi connectivity index (χ3n) is 1.24. The van der Waals surface area contributed by atoms with Crippen molar-refractivity contribution in [1.29, 1.82) is 0 Å². The molecule has 0 spiro atoms. The zero-order valence-electron chi connectivity index (χ0n) is 7.16. The summed E-state index contributed by atoms with van der Waals surface area (Å²) in [6.07, 6.45) is 1.43. The van der Waals surface area contributed by atoms with Gasteiger partial charge in [0.1, 0.15) is 0 Å². The van der Waals surface area contributed by atoms with Gasteiger partial charge in [0.2, 0.25) is 11.2 Å². The van der Waals surface area contributed by atoms with Gasteiger partial charge < -0.3 is 9.47 Å². The van der Waals surface area contributed by atoms with Gasteiger partial charge in [0.05, 0.1) is 11.6 Å². The average Bonchev–Trinajstić information content (AvgIpc) is 2.19. The molecule has 0 radical (unpaired) electrons. The van der Waals surface area contributed by atoms with Crippen LogP contribution in [0.1, 0.15) is 0 Å². The van der Waals surface area contributed by atoms with Gasteiger partial charge in [-0.25, -0.2) is 9.78 Å². The summed E-state index contributed by atoms with van der Waals surface area (Å²) in [5, 5.41) is 0.0491. The molecule has 76 valence electrons. The highest BCUT2D eigenvalue weighted by Gasteiger charge is 2.07. The van der Waals surface area contributed by atoms with E-state index in [0.717, 1.165) is 0 Å². The molecule has 14 heavy (non-hydrogen) atoms. The van der Waals surface area contributed by atoms with E-state index in [2.05, 4.69) is 30.6 Å². The van der Waals surface area contributed by atoms with Crippen LogP contribution in [-0.4, -0.2) is 29.7 Å². The van der Waals surface area contributed by atoms with Gasteiger partial charge in [-0.05, 0) is 27.5 Å². The predicted octanol–water partition coefficient (Wildman–Crippen LogP) is 1.44. The second kappa shape index (κ2) is 5.11.